The van der Waals surface area contributed by atoms with Gasteiger partial charge in [0.05, 0.1) is 22.3 Å². The summed E-state index contributed by atoms with van der Waals surface area (Å²) in [5, 5.41) is 3.48. The fourth-order valence-corrected chi connectivity index (χ4v) is 5.75. The third kappa shape index (κ3) is 3.25. The van der Waals surface area contributed by atoms with Gasteiger partial charge in [-0.3, -0.25) is 4.57 Å². The smallest absolute Gasteiger partial charge is 0.149 e. The van der Waals surface area contributed by atoms with Gasteiger partial charge in [-0.15, -0.1) is 0 Å². The van der Waals surface area contributed by atoms with Crippen molar-refractivity contribution in [3.63, 3.8) is 0 Å². The summed E-state index contributed by atoms with van der Waals surface area (Å²) >= 11 is 0. The number of imidazole rings is 1. The average molecular weight is 505 g/mol. The fraction of sp³-hybridized carbons (Fsp3) is 0. The van der Waals surface area contributed by atoms with Crippen LogP contribution in [0.4, 0.5) is 4.39 Å². The zero-order valence-corrected chi connectivity index (χ0v) is 20.8. The van der Waals surface area contributed by atoms with Crippen molar-refractivity contribution in [1.82, 2.24) is 9.55 Å². The summed E-state index contributed by atoms with van der Waals surface area (Å²) in [4.78, 5) is 5.15. The highest BCUT2D eigenvalue weighted by atomic mass is 19.1. The van der Waals surface area contributed by atoms with Gasteiger partial charge in [-0.25, -0.2) is 9.37 Å². The maximum Gasteiger partial charge on any atom is 0.149 e. The molecule has 0 fully saturated rings. The Kier molecular flexibility index (Phi) is 4.70. The summed E-state index contributed by atoms with van der Waals surface area (Å²) in [6.07, 6.45) is 0. The van der Waals surface area contributed by atoms with Crippen molar-refractivity contribution in [2.75, 3.05) is 0 Å². The van der Waals surface area contributed by atoms with E-state index in [4.69, 9.17) is 9.40 Å². The van der Waals surface area contributed by atoms with Gasteiger partial charge < -0.3 is 4.42 Å². The van der Waals surface area contributed by atoms with Crippen molar-refractivity contribution in [3.05, 3.63) is 133 Å². The van der Waals surface area contributed by atoms with E-state index in [1.54, 1.807) is 6.07 Å². The van der Waals surface area contributed by atoms with E-state index in [1.807, 2.05) is 97.1 Å². The molecule has 8 rings (SSSR count). The second-order valence-corrected chi connectivity index (χ2v) is 9.71. The molecule has 6 aromatic carbocycles. The second-order valence-electron chi connectivity index (χ2n) is 9.71. The maximum atomic E-state index is 15.6. The first-order valence-corrected chi connectivity index (χ1v) is 12.9. The number of benzene rings is 6. The molecule has 39 heavy (non-hydrogen) atoms. The van der Waals surface area contributed by atoms with E-state index in [-0.39, 0.29) is 5.82 Å². The molecule has 0 aliphatic rings. The highest BCUT2D eigenvalue weighted by molar-refractivity contribution is 6.10. The number of para-hydroxylation sites is 4. The van der Waals surface area contributed by atoms with Crippen molar-refractivity contribution < 1.29 is 8.81 Å². The molecule has 0 spiro atoms. The number of hydrogen-bond acceptors (Lipinski definition) is 2. The topological polar surface area (TPSA) is 31.0 Å². The number of rotatable bonds is 3. The van der Waals surface area contributed by atoms with Crippen LogP contribution in [0.5, 0.6) is 0 Å². The molecule has 184 valence electrons. The molecule has 0 aliphatic carbocycles. The summed E-state index contributed by atoms with van der Waals surface area (Å²) in [6.45, 7) is 0. The summed E-state index contributed by atoms with van der Waals surface area (Å²) in [7, 11) is 0. The van der Waals surface area contributed by atoms with Crippen molar-refractivity contribution in [2.24, 2.45) is 0 Å². The minimum absolute atomic E-state index is 0.251. The van der Waals surface area contributed by atoms with Gasteiger partial charge in [0.25, 0.3) is 0 Å². The van der Waals surface area contributed by atoms with E-state index in [1.165, 1.54) is 0 Å². The second kappa shape index (κ2) is 8.40. The molecule has 2 aromatic heterocycles. The lowest BCUT2D eigenvalue weighted by Gasteiger charge is -2.18. The minimum Gasteiger partial charge on any atom is -0.455 e. The highest BCUT2D eigenvalue weighted by Gasteiger charge is 2.23. The molecule has 0 N–H and O–H groups in total. The molecular weight excluding hydrogens is 483 g/mol. The summed E-state index contributed by atoms with van der Waals surface area (Å²) in [5.41, 5.74) is 6.91. The SMILES string of the molecule is Fc1cc(-c2ccccc2)c(-n2c(-c3cccc4c3oc3ccccc34)nc3ccccc32)c2ccccc12. The molecule has 2 heterocycles. The van der Waals surface area contributed by atoms with Gasteiger partial charge in [0.2, 0.25) is 0 Å². The van der Waals surface area contributed by atoms with Gasteiger partial charge in [0.1, 0.15) is 22.8 Å². The minimum atomic E-state index is -0.251. The molecule has 0 amide bonds. The normalized spacial score (nSPS) is 11.7. The van der Waals surface area contributed by atoms with Crippen LogP contribution >= 0.6 is 0 Å². The summed E-state index contributed by atoms with van der Waals surface area (Å²) < 4.78 is 24.2. The van der Waals surface area contributed by atoms with E-state index in [9.17, 15) is 0 Å². The third-order valence-corrected chi connectivity index (χ3v) is 7.48. The van der Waals surface area contributed by atoms with Gasteiger partial charge in [-0.05, 0) is 35.9 Å². The first kappa shape index (κ1) is 21.8. The molecule has 0 radical (unpaired) electrons. The summed E-state index contributed by atoms with van der Waals surface area (Å²) in [5.74, 6) is 0.494. The van der Waals surface area contributed by atoms with Crippen LogP contribution in [-0.4, -0.2) is 9.55 Å². The molecule has 0 saturated heterocycles. The zero-order chi connectivity index (χ0) is 25.9. The number of nitrogens with zero attached hydrogens (tertiary/aromatic N) is 2. The average Bonchev–Trinajstić information content (AvgIpc) is 3.56. The fourth-order valence-electron chi connectivity index (χ4n) is 5.75. The molecule has 0 aliphatic heterocycles. The van der Waals surface area contributed by atoms with Crippen LogP contribution in [0.2, 0.25) is 0 Å². The number of aromatic nitrogens is 2. The number of hydrogen-bond donors (Lipinski definition) is 0. The Balaban J connectivity index is 1.56. The van der Waals surface area contributed by atoms with Crippen LogP contribution in [0.25, 0.3) is 71.9 Å². The zero-order valence-electron chi connectivity index (χ0n) is 20.8. The Morgan fingerprint density at radius 1 is 0.590 bits per heavy atom. The molecule has 3 nitrogen and oxygen atoms in total. The van der Waals surface area contributed by atoms with Gasteiger partial charge in [-0.1, -0.05) is 97.1 Å². The van der Waals surface area contributed by atoms with Gasteiger partial charge in [0, 0.05) is 27.1 Å². The Bertz CT molecular complexity index is 2190. The lowest BCUT2D eigenvalue weighted by Crippen LogP contribution is -2.03. The van der Waals surface area contributed by atoms with Gasteiger partial charge in [-0.2, -0.15) is 0 Å². The first-order chi connectivity index (χ1) is 19.3. The highest BCUT2D eigenvalue weighted by Crippen LogP contribution is 2.42. The van der Waals surface area contributed by atoms with E-state index in [0.29, 0.717) is 5.39 Å². The number of fused-ring (bicyclic) bond motifs is 5. The molecule has 0 saturated carbocycles. The van der Waals surface area contributed by atoms with Crippen LogP contribution in [0.1, 0.15) is 0 Å². The lowest BCUT2D eigenvalue weighted by molar-refractivity contribution is 0.640. The Labute approximate surface area is 223 Å². The van der Waals surface area contributed by atoms with Gasteiger partial charge >= 0.3 is 0 Å². The quantitative estimate of drug-likeness (QED) is 0.240. The van der Waals surface area contributed by atoms with E-state index < -0.39 is 0 Å². The molecule has 0 unspecified atom stereocenters. The first-order valence-electron chi connectivity index (χ1n) is 12.9. The van der Waals surface area contributed by atoms with Crippen molar-refractivity contribution in [2.45, 2.75) is 0 Å². The van der Waals surface area contributed by atoms with Crippen LogP contribution in [0.3, 0.4) is 0 Å². The van der Waals surface area contributed by atoms with Crippen molar-refractivity contribution in [1.29, 1.82) is 0 Å². The molecule has 8 aromatic rings. The molecule has 4 heteroatoms. The monoisotopic (exact) mass is 504 g/mol. The third-order valence-electron chi connectivity index (χ3n) is 7.48. The van der Waals surface area contributed by atoms with Crippen molar-refractivity contribution >= 4 is 43.7 Å². The maximum absolute atomic E-state index is 15.6. The van der Waals surface area contributed by atoms with Gasteiger partial charge in [0.15, 0.2) is 0 Å². The predicted octanol–water partition coefficient (Wildman–Crippen LogP) is 9.55. The van der Waals surface area contributed by atoms with E-state index in [2.05, 4.69) is 28.8 Å². The number of furan rings is 1. The molecule has 0 bridgehead atoms. The van der Waals surface area contributed by atoms with Crippen LogP contribution in [0.15, 0.2) is 132 Å². The largest absolute Gasteiger partial charge is 0.455 e. The van der Waals surface area contributed by atoms with Crippen molar-refractivity contribution in [3.8, 4) is 28.2 Å². The van der Waals surface area contributed by atoms with Crippen LogP contribution in [-0.2, 0) is 0 Å². The van der Waals surface area contributed by atoms with E-state index >= 15 is 4.39 Å². The Hall–Kier alpha value is -5.22. The number of halogens is 1. The van der Waals surface area contributed by atoms with E-state index in [0.717, 1.165) is 66.6 Å². The van der Waals surface area contributed by atoms with Crippen LogP contribution in [0, 0.1) is 5.82 Å². The molecular formula is C35H21FN2O. The predicted molar refractivity (Wildman–Crippen MR) is 157 cm³/mol. The Morgan fingerprint density at radius 2 is 1.28 bits per heavy atom. The summed E-state index contributed by atoms with van der Waals surface area (Å²) in [6, 6.07) is 41.6. The molecule has 0 atom stereocenters. The van der Waals surface area contributed by atoms with Crippen LogP contribution < -0.4 is 0 Å². The Morgan fingerprint density at radius 3 is 2.15 bits per heavy atom. The lowest BCUT2D eigenvalue weighted by atomic mass is 9.97. The standard InChI is InChI=1S/C35H21FN2O/c36-29-21-28(22-11-2-1-3-12-22)33(25-15-5-4-13-23(25)29)38-31-19-8-7-18-30(31)37-35(38)27-17-10-16-26-24-14-6-9-20-32(24)39-34(26)27/h1-21H.